The van der Waals surface area contributed by atoms with Crippen LogP contribution in [-0.4, -0.2) is 23.3 Å². The van der Waals surface area contributed by atoms with Gasteiger partial charge in [0.25, 0.3) is 5.69 Å². The lowest BCUT2D eigenvalue weighted by atomic mass is 9.81. The number of carbonyl (C=O) groups excluding carboxylic acids is 2. The van der Waals surface area contributed by atoms with Gasteiger partial charge in [0.1, 0.15) is 5.69 Å². The van der Waals surface area contributed by atoms with Gasteiger partial charge in [-0.2, -0.15) is 0 Å². The highest BCUT2D eigenvalue weighted by Gasteiger charge is 2.49. The molecule has 0 unspecified atom stereocenters. The van der Waals surface area contributed by atoms with Gasteiger partial charge in [0, 0.05) is 12.6 Å². The van der Waals surface area contributed by atoms with Crippen LogP contribution < -0.4 is 10.2 Å². The van der Waals surface area contributed by atoms with E-state index in [1.165, 1.54) is 29.4 Å². The van der Waals surface area contributed by atoms with Crippen molar-refractivity contribution in [1.82, 2.24) is 0 Å². The SMILES string of the molecule is O=C1[C@@H]2CCCC[C@H]2C(=O)N1c1ccc(NCCC2=CCCCC2)c([N+](=O)[O-])c1. The van der Waals surface area contributed by atoms with Crippen LogP contribution in [0.1, 0.15) is 57.8 Å². The zero-order valence-electron chi connectivity index (χ0n) is 16.6. The maximum atomic E-state index is 12.8. The molecule has 1 saturated carbocycles. The Hall–Kier alpha value is -2.70. The van der Waals surface area contributed by atoms with Crippen LogP contribution in [0.2, 0.25) is 0 Å². The van der Waals surface area contributed by atoms with Crippen molar-refractivity contribution in [2.24, 2.45) is 11.8 Å². The fraction of sp³-hybridized carbons (Fsp3) is 0.545. The molecule has 7 heteroatoms. The number of fused-ring (bicyclic) bond motifs is 1. The first-order valence-corrected chi connectivity index (χ1v) is 10.6. The van der Waals surface area contributed by atoms with E-state index >= 15 is 0 Å². The lowest BCUT2D eigenvalue weighted by Crippen LogP contribution is -2.30. The Morgan fingerprint density at radius 2 is 1.79 bits per heavy atom. The summed E-state index contributed by atoms with van der Waals surface area (Å²) in [6.07, 6.45) is 11.2. The molecule has 2 fully saturated rings. The first-order valence-electron chi connectivity index (χ1n) is 10.6. The van der Waals surface area contributed by atoms with Gasteiger partial charge >= 0.3 is 0 Å². The molecule has 154 valence electrons. The van der Waals surface area contributed by atoms with E-state index in [4.69, 9.17) is 0 Å². The fourth-order valence-corrected chi connectivity index (χ4v) is 4.87. The molecule has 2 amide bonds. The summed E-state index contributed by atoms with van der Waals surface area (Å²) in [4.78, 5) is 37.9. The smallest absolute Gasteiger partial charge is 0.294 e. The normalized spacial score (nSPS) is 24.3. The van der Waals surface area contributed by atoms with Crippen LogP contribution in [0.25, 0.3) is 0 Å². The van der Waals surface area contributed by atoms with Crippen molar-refractivity contribution >= 4 is 28.9 Å². The summed E-state index contributed by atoms with van der Waals surface area (Å²) in [7, 11) is 0. The molecule has 0 spiro atoms. The zero-order chi connectivity index (χ0) is 20.4. The number of nitrogens with zero attached hydrogens (tertiary/aromatic N) is 2. The van der Waals surface area contributed by atoms with Gasteiger partial charge in [-0.1, -0.05) is 24.5 Å². The van der Waals surface area contributed by atoms with Gasteiger partial charge in [-0.3, -0.25) is 19.7 Å². The third-order valence-electron chi connectivity index (χ3n) is 6.42. The molecule has 1 saturated heterocycles. The fourth-order valence-electron chi connectivity index (χ4n) is 4.87. The van der Waals surface area contributed by atoms with Gasteiger partial charge in [-0.15, -0.1) is 0 Å². The van der Waals surface area contributed by atoms with Crippen molar-refractivity contribution < 1.29 is 14.5 Å². The third kappa shape index (κ3) is 3.91. The van der Waals surface area contributed by atoms with Gasteiger partial charge in [0.05, 0.1) is 22.4 Å². The van der Waals surface area contributed by atoms with Crippen molar-refractivity contribution in [3.8, 4) is 0 Å². The number of rotatable bonds is 6. The van der Waals surface area contributed by atoms with E-state index in [0.29, 0.717) is 17.9 Å². The molecule has 0 aromatic heterocycles. The number of hydrogen-bond acceptors (Lipinski definition) is 5. The molecule has 1 aliphatic heterocycles. The number of nitro groups is 1. The number of amides is 2. The van der Waals surface area contributed by atoms with E-state index in [9.17, 15) is 19.7 Å². The van der Waals surface area contributed by atoms with E-state index < -0.39 is 4.92 Å². The molecule has 2 aliphatic carbocycles. The van der Waals surface area contributed by atoms with Gasteiger partial charge in [0.15, 0.2) is 0 Å². The second kappa shape index (κ2) is 8.35. The van der Waals surface area contributed by atoms with Gasteiger partial charge in [0.2, 0.25) is 11.8 Å². The number of benzene rings is 1. The van der Waals surface area contributed by atoms with Crippen LogP contribution in [0.5, 0.6) is 0 Å². The van der Waals surface area contributed by atoms with Crippen molar-refractivity contribution in [3.63, 3.8) is 0 Å². The topological polar surface area (TPSA) is 92.6 Å². The molecule has 7 nitrogen and oxygen atoms in total. The number of carbonyl (C=O) groups is 2. The summed E-state index contributed by atoms with van der Waals surface area (Å²) in [5.41, 5.74) is 2.03. The summed E-state index contributed by atoms with van der Waals surface area (Å²) in [6, 6.07) is 4.61. The van der Waals surface area contributed by atoms with Crippen LogP contribution >= 0.6 is 0 Å². The molecule has 3 aliphatic rings. The average molecular weight is 397 g/mol. The third-order valence-corrected chi connectivity index (χ3v) is 6.42. The molecule has 0 bridgehead atoms. The van der Waals surface area contributed by atoms with Crippen molar-refractivity contribution in [2.45, 2.75) is 57.8 Å². The molecule has 1 heterocycles. The predicted molar refractivity (Wildman–Crippen MR) is 111 cm³/mol. The monoisotopic (exact) mass is 397 g/mol. The Morgan fingerprint density at radius 1 is 1.07 bits per heavy atom. The molecule has 4 rings (SSSR count). The average Bonchev–Trinajstić information content (AvgIpc) is 2.99. The molecular weight excluding hydrogens is 370 g/mol. The minimum absolute atomic E-state index is 0.101. The summed E-state index contributed by atoms with van der Waals surface area (Å²) >= 11 is 0. The summed E-state index contributed by atoms with van der Waals surface area (Å²) in [6.45, 7) is 0.623. The molecule has 29 heavy (non-hydrogen) atoms. The van der Waals surface area contributed by atoms with Crippen molar-refractivity contribution in [1.29, 1.82) is 0 Å². The van der Waals surface area contributed by atoms with Crippen LogP contribution in [0.4, 0.5) is 17.1 Å². The van der Waals surface area contributed by atoms with Crippen LogP contribution in [0.15, 0.2) is 29.8 Å². The quantitative estimate of drug-likeness (QED) is 0.328. The highest BCUT2D eigenvalue weighted by atomic mass is 16.6. The van der Waals surface area contributed by atoms with Crippen LogP contribution in [-0.2, 0) is 9.59 Å². The zero-order valence-corrected chi connectivity index (χ0v) is 16.6. The second-order valence-electron chi connectivity index (χ2n) is 8.25. The minimum atomic E-state index is -0.455. The number of anilines is 2. The van der Waals surface area contributed by atoms with E-state index in [-0.39, 0.29) is 29.3 Å². The van der Waals surface area contributed by atoms with Crippen molar-refractivity contribution in [2.75, 3.05) is 16.8 Å². The van der Waals surface area contributed by atoms with E-state index in [1.807, 2.05) is 0 Å². The van der Waals surface area contributed by atoms with E-state index in [0.717, 1.165) is 44.9 Å². The van der Waals surface area contributed by atoms with E-state index in [2.05, 4.69) is 11.4 Å². The summed E-state index contributed by atoms with van der Waals surface area (Å²) < 4.78 is 0. The standard InChI is InChI=1S/C22H27N3O4/c26-21-17-8-4-5-9-18(17)22(27)24(21)16-10-11-19(20(14-16)25(28)29)23-13-12-15-6-2-1-3-7-15/h6,10-11,14,17-18,23H,1-5,7-9,12-13H2/t17-,18-/m1/s1. The number of nitro benzene ring substituents is 1. The van der Waals surface area contributed by atoms with Gasteiger partial charge < -0.3 is 5.32 Å². The molecular formula is C22H27N3O4. The molecule has 2 atom stereocenters. The molecule has 1 aromatic carbocycles. The number of allylic oxidation sites excluding steroid dienone is 1. The summed E-state index contributed by atoms with van der Waals surface area (Å²) in [5, 5.41) is 14.8. The van der Waals surface area contributed by atoms with Crippen molar-refractivity contribution in [3.05, 3.63) is 40.0 Å². The maximum Gasteiger partial charge on any atom is 0.294 e. The van der Waals surface area contributed by atoms with E-state index in [1.54, 1.807) is 12.1 Å². The second-order valence-corrected chi connectivity index (χ2v) is 8.25. The Kier molecular flexibility index (Phi) is 5.65. The Bertz CT molecular complexity index is 840. The molecule has 1 N–H and O–H groups in total. The highest BCUT2D eigenvalue weighted by Crippen LogP contribution is 2.41. The molecule has 0 radical (unpaired) electrons. The maximum absolute atomic E-state index is 12.8. The number of hydrogen-bond donors (Lipinski definition) is 1. The first kappa shape index (κ1) is 19.6. The lowest BCUT2D eigenvalue weighted by Gasteiger charge is -2.19. The Balaban J connectivity index is 1.51. The number of nitrogens with one attached hydrogen (secondary N) is 1. The highest BCUT2D eigenvalue weighted by molar-refractivity contribution is 6.22. The van der Waals surface area contributed by atoms with Crippen LogP contribution in [0.3, 0.4) is 0 Å². The minimum Gasteiger partial charge on any atom is -0.379 e. The largest absolute Gasteiger partial charge is 0.379 e. The first-order chi connectivity index (χ1) is 14.1. The summed E-state index contributed by atoms with van der Waals surface area (Å²) in [5.74, 6) is -0.952. The lowest BCUT2D eigenvalue weighted by molar-refractivity contribution is -0.383. The van der Waals surface area contributed by atoms with Gasteiger partial charge in [-0.05, 0) is 57.1 Å². The predicted octanol–water partition coefficient (Wildman–Crippen LogP) is 4.58. The molecule has 1 aromatic rings. The Labute approximate surface area is 170 Å². The Morgan fingerprint density at radius 3 is 2.41 bits per heavy atom. The van der Waals surface area contributed by atoms with Gasteiger partial charge in [-0.25, -0.2) is 4.90 Å². The van der Waals surface area contributed by atoms with Crippen LogP contribution in [0, 0.1) is 22.0 Å². The number of imide groups is 1.